The fourth-order valence-electron chi connectivity index (χ4n) is 3.37. The van der Waals surface area contributed by atoms with Crippen LogP contribution in [0, 0.1) is 0 Å². The Hall–Kier alpha value is -2.41. The number of hydrogen-bond acceptors (Lipinski definition) is 4. The van der Waals surface area contributed by atoms with Crippen molar-refractivity contribution in [1.29, 1.82) is 0 Å². The Balaban J connectivity index is 1.35. The van der Waals surface area contributed by atoms with Gasteiger partial charge < -0.3 is 9.47 Å². The molecule has 0 aromatic carbocycles. The normalized spacial score (nSPS) is 19.0. The van der Waals surface area contributed by atoms with Crippen LogP contribution in [-0.2, 0) is 18.4 Å². The molecular formula is C17H21N5O2. The first-order valence-corrected chi connectivity index (χ1v) is 8.32. The van der Waals surface area contributed by atoms with Gasteiger partial charge in [-0.05, 0) is 18.1 Å². The second-order valence-corrected chi connectivity index (χ2v) is 6.66. The molecule has 2 aliphatic rings. The van der Waals surface area contributed by atoms with E-state index in [2.05, 4.69) is 10.00 Å². The second kappa shape index (κ2) is 5.90. The largest absolute Gasteiger partial charge is 0.319 e. The van der Waals surface area contributed by atoms with Crippen molar-refractivity contribution in [3.8, 4) is 0 Å². The minimum absolute atomic E-state index is 0.0246. The molecule has 4 rings (SSSR count). The highest BCUT2D eigenvalue weighted by Crippen LogP contribution is 2.26. The standard InChI is InChI=1S/C17H21N5O2/c1-19-6-4-13(7-17(19)24)9-20-10-15(11-20)22-12-14(8-18-22)21-5-2-3-16(21)23/h4,6-8,12,15H,2-3,5,9-11H2,1H3. The summed E-state index contributed by atoms with van der Waals surface area (Å²) in [5, 5.41) is 4.43. The van der Waals surface area contributed by atoms with Crippen molar-refractivity contribution in [2.45, 2.75) is 25.4 Å². The zero-order valence-corrected chi connectivity index (χ0v) is 13.8. The average Bonchev–Trinajstić information content (AvgIpc) is 3.14. The van der Waals surface area contributed by atoms with Crippen LogP contribution in [0.3, 0.4) is 0 Å². The first-order valence-electron chi connectivity index (χ1n) is 8.32. The summed E-state index contributed by atoms with van der Waals surface area (Å²) in [5.41, 5.74) is 1.97. The van der Waals surface area contributed by atoms with Gasteiger partial charge in [0.05, 0.1) is 17.9 Å². The molecule has 0 saturated carbocycles. The zero-order chi connectivity index (χ0) is 16.7. The number of aryl methyl sites for hydroxylation is 1. The van der Waals surface area contributed by atoms with Gasteiger partial charge in [0.25, 0.3) is 5.56 Å². The van der Waals surface area contributed by atoms with Gasteiger partial charge in [-0.25, -0.2) is 0 Å². The van der Waals surface area contributed by atoms with Crippen molar-refractivity contribution < 1.29 is 4.79 Å². The third-order valence-corrected chi connectivity index (χ3v) is 4.86. The maximum absolute atomic E-state index is 11.8. The van der Waals surface area contributed by atoms with Crippen LogP contribution in [0.25, 0.3) is 0 Å². The van der Waals surface area contributed by atoms with E-state index in [1.807, 2.05) is 28.0 Å². The molecule has 0 unspecified atom stereocenters. The number of likely N-dealkylation sites (tertiary alicyclic amines) is 1. The molecule has 0 bridgehead atoms. The SMILES string of the molecule is Cn1ccc(CN2CC(n3cc(N4CCCC4=O)cn3)C2)cc1=O. The minimum Gasteiger partial charge on any atom is -0.319 e. The number of pyridine rings is 1. The highest BCUT2D eigenvalue weighted by Gasteiger charge is 2.30. The topological polar surface area (TPSA) is 63.4 Å². The van der Waals surface area contributed by atoms with E-state index in [0.717, 1.165) is 43.9 Å². The molecule has 0 radical (unpaired) electrons. The van der Waals surface area contributed by atoms with Crippen LogP contribution in [0.15, 0.2) is 35.5 Å². The summed E-state index contributed by atoms with van der Waals surface area (Å²) in [7, 11) is 1.76. The number of nitrogens with zero attached hydrogens (tertiary/aromatic N) is 5. The molecule has 0 atom stereocenters. The average molecular weight is 327 g/mol. The van der Waals surface area contributed by atoms with Gasteiger partial charge >= 0.3 is 0 Å². The summed E-state index contributed by atoms with van der Waals surface area (Å²) < 4.78 is 3.54. The molecule has 0 spiro atoms. The minimum atomic E-state index is 0.0246. The number of amides is 1. The van der Waals surface area contributed by atoms with E-state index in [1.165, 1.54) is 0 Å². The highest BCUT2D eigenvalue weighted by atomic mass is 16.2. The molecule has 7 nitrogen and oxygen atoms in total. The number of rotatable bonds is 4. The summed E-state index contributed by atoms with van der Waals surface area (Å²) in [6.07, 6.45) is 7.13. The van der Waals surface area contributed by atoms with Crippen molar-refractivity contribution in [1.82, 2.24) is 19.2 Å². The first-order chi connectivity index (χ1) is 11.6. The number of hydrogen-bond donors (Lipinski definition) is 0. The second-order valence-electron chi connectivity index (χ2n) is 6.66. The Kier molecular flexibility index (Phi) is 3.72. The van der Waals surface area contributed by atoms with Gasteiger partial charge in [0, 0.05) is 58.1 Å². The van der Waals surface area contributed by atoms with Gasteiger partial charge in [0.2, 0.25) is 5.91 Å². The van der Waals surface area contributed by atoms with E-state index in [9.17, 15) is 9.59 Å². The van der Waals surface area contributed by atoms with Crippen molar-refractivity contribution >= 4 is 11.6 Å². The molecule has 0 aliphatic carbocycles. The van der Waals surface area contributed by atoms with Crippen LogP contribution >= 0.6 is 0 Å². The van der Waals surface area contributed by atoms with Crippen LogP contribution in [0.5, 0.6) is 0 Å². The maximum atomic E-state index is 11.8. The van der Waals surface area contributed by atoms with Gasteiger partial charge in [0.1, 0.15) is 0 Å². The van der Waals surface area contributed by atoms with Crippen LogP contribution in [0.1, 0.15) is 24.4 Å². The van der Waals surface area contributed by atoms with E-state index < -0.39 is 0 Å². The number of carbonyl (C=O) groups excluding carboxylic acids is 1. The summed E-state index contributed by atoms with van der Waals surface area (Å²) in [4.78, 5) is 27.6. The number of carbonyl (C=O) groups is 1. The summed E-state index contributed by atoms with van der Waals surface area (Å²) in [6, 6.07) is 4.01. The van der Waals surface area contributed by atoms with Crippen molar-refractivity contribution in [2.75, 3.05) is 24.5 Å². The lowest BCUT2D eigenvalue weighted by atomic mass is 10.1. The Labute approximate surface area is 140 Å². The molecule has 2 fully saturated rings. The number of anilines is 1. The molecule has 0 N–H and O–H groups in total. The molecule has 2 aliphatic heterocycles. The summed E-state index contributed by atoms with van der Waals surface area (Å²) in [6.45, 7) is 3.39. The Morgan fingerprint density at radius 3 is 2.83 bits per heavy atom. The van der Waals surface area contributed by atoms with Crippen LogP contribution < -0.4 is 10.5 Å². The lowest BCUT2D eigenvalue weighted by Crippen LogP contribution is -2.47. The van der Waals surface area contributed by atoms with Crippen LogP contribution in [0.4, 0.5) is 5.69 Å². The van der Waals surface area contributed by atoms with Gasteiger partial charge in [-0.15, -0.1) is 0 Å². The van der Waals surface area contributed by atoms with Crippen molar-refractivity contribution in [3.05, 3.63) is 46.6 Å². The van der Waals surface area contributed by atoms with Crippen LogP contribution in [-0.4, -0.2) is 44.8 Å². The molecule has 2 aromatic rings. The Morgan fingerprint density at radius 1 is 1.29 bits per heavy atom. The van der Waals surface area contributed by atoms with Crippen LogP contribution in [0.2, 0.25) is 0 Å². The molecule has 126 valence electrons. The molecule has 1 amide bonds. The van der Waals surface area contributed by atoms with Gasteiger partial charge in [-0.1, -0.05) is 0 Å². The smallest absolute Gasteiger partial charge is 0.250 e. The lowest BCUT2D eigenvalue weighted by Gasteiger charge is -2.39. The lowest BCUT2D eigenvalue weighted by molar-refractivity contribution is -0.117. The van der Waals surface area contributed by atoms with Gasteiger partial charge in [-0.2, -0.15) is 5.10 Å². The van der Waals surface area contributed by atoms with E-state index in [4.69, 9.17) is 0 Å². The molecule has 2 saturated heterocycles. The predicted octanol–water partition coefficient (Wildman–Crippen LogP) is 0.766. The third-order valence-electron chi connectivity index (χ3n) is 4.86. The van der Waals surface area contributed by atoms with E-state index in [-0.39, 0.29) is 11.5 Å². The zero-order valence-electron chi connectivity index (χ0n) is 13.8. The summed E-state index contributed by atoms with van der Waals surface area (Å²) in [5.74, 6) is 0.190. The van der Waals surface area contributed by atoms with Crippen molar-refractivity contribution in [3.63, 3.8) is 0 Å². The van der Waals surface area contributed by atoms with E-state index in [0.29, 0.717) is 12.5 Å². The fraction of sp³-hybridized carbons (Fsp3) is 0.471. The molecular weight excluding hydrogens is 306 g/mol. The van der Waals surface area contributed by atoms with Crippen molar-refractivity contribution in [2.24, 2.45) is 7.05 Å². The maximum Gasteiger partial charge on any atom is 0.250 e. The van der Waals surface area contributed by atoms with Gasteiger partial charge in [-0.3, -0.25) is 19.2 Å². The van der Waals surface area contributed by atoms with E-state index in [1.54, 1.807) is 23.9 Å². The Bertz CT molecular complexity index is 818. The quantitative estimate of drug-likeness (QED) is 0.832. The highest BCUT2D eigenvalue weighted by molar-refractivity contribution is 5.95. The number of aromatic nitrogens is 3. The third kappa shape index (κ3) is 2.75. The summed E-state index contributed by atoms with van der Waals surface area (Å²) >= 11 is 0. The molecule has 2 aromatic heterocycles. The van der Waals surface area contributed by atoms with E-state index >= 15 is 0 Å². The molecule has 4 heterocycles. The Morgan fingerprint density at radius 2 is 2.12 bits per heavy atom. The first kappa shape index (κ1) is 15.1. The molecule has 7 heteroatoms. The van der Waals surface area contributed by atoms with Gasteiger partial charge in [0.15, 0.2) is 0 Å². The molecule has 24 heavy (non-hydrogen) atoms. The predicted molar refractivity (Wildman–Crippen MR) is 89.8 cm³/mol. The fourth-order valence-corrected chi connectivity index (χ4v) is 3.37. The monoisotopic (exact) mass is 327 g/mol.